The Kier molecular flexibility index (Phi) is 10.0. The molecule has 0 aliphatic carbocycles. The highest BCUT2D eigenvalue weighted by atomic mass is 19.1. The van der Waals surface area contributed by atoms with Crippen LogP contribution in [0.15, 0.2) is 53.9 Å². The number of esters is 1. The summed E-state index contributed by atoms with van der Waals surface area (Å²) in [7, 11) is 2.99. The van der Waals surface area contributed by atoms with E-state index in [2.05, 4.69) is 15.6 Å². The van der Waals surface area contributed by atoms with Gasteiger partial charge in [0.25, 0.3) is 11.8 Å². The molecule has 0 aliphatic heterocycles. The fourth-order valence-corrected chi connectivity index (χ4v) is 3.71. The number of amides is 2. The zero-order chi connectivity index (χ0) is 30.3. The number of hydrogen-bond acceptors (Lipinski definition) is 10. The minimum Gasteiger partial charge on any atom is -0.493 e. The van der Waals surface area contributed by atoms with Gasteiger partial charge in [-0.2, -0.15) is 0 Å². The highest BCUT2D eigenvalue weighted by Gasteiger charge is 2.21. The number of pyridine rings is 1. The predicted octanol–water partition coefficient (Wildman–Crippen LogP) is 2.75. The van der Waals surface area contributed by atoms with Crippen LogP contribution in [0.4, 0.5) is 10.1 Å². The van der Waals surface area contributed by atoms with E-state index < -0.39 is 35.7 Å². The number of primary amides is 1. The Morgan fingerprint density at radius 1 is 1.00 bits per heavy atom. The Morgan fingerprint density at radius 2 is 1.68 bits per heavy atom. The number of carbonyl (C=O) groups is 3. The number of nitrogens with one attached hydrogen (secondary N) is 2. The zero-order valence-electron chi connectivity index (χ0n) is 23.2. The van der Waals surface area contributed by atoms with Gasteiger partial charge >= 0.3 is 5.97 Å². The molecule has 6 N–H and O–H groups in total. The summed E-state index contributed by atoms with van der Waals surface area (Å²) in [5, 5.41) is 5.85. The van der Waals surface area contributed by atoms with Gasteiger partial charge in [-0.1, -0.05) is 0 Å². The predicted molar refractivity (Wildman–Crippen MR) is 149 cm³/mol. The van der Waals surface area contributed by atoms with E-state index in [0.717, 1.165) is 6.07 Å². The molecule has 0 saturated carbocycles. The molecule has 12 nitrogen and oxygen atoms in total. The van der Waals surface area contributed by atoms with Crippen molar-refractivity contribution in [3.63, 3.8) is 0 Å². The van der Waals surface area contributed by atoms with E-state index >= 15 is 4.39 Å². The van der Waals surface area contributed by atoms with E-state index in [1.165, 1.54) is 46.4 Å². The molecule has 3 aromatic rings. The summed E-state index contributed by atoms with van der Waals surface area (Å²) in [5.74, 6) is -2.14. The molecule has 218 valence electrons. The second-order valence-electron chi connectivity index (χ2n) is 9.02. The van der Waals surface area contributed by atoms with Crippen molar-refractivity contribution in [2.75, 3.05) is 26.1 Å². The van der Waals surface area contributed by atoms with Crippen LogP contribution in [0, 0.1) is 5.82 Å². The number of rotatable bonds is 12. The number of nitrogens with two attached hydrogens (primary N) is 2. The maximum Gasteiger partial charge on any atom is 0.322 e. The van der Waals surface area contributed by atoms with E-state index in [-0.39, 0.29) is 29.3 Å². The first-order valence-corrected chi connectivity index (χ1v) is 12.4. The Morgan fingerprint density at radius 3 is 2.29 bits per heavy atom. The first-order chi connectivity index (χ1) is 19.4. The van der Waals surface area contributed by atoms with Crippen molar-refractivity contribution in [2.45, 2.75) is 32.9 Å². The number of halogens is 1. The highest BCUT2D eigenvalue weighted by Crippen LogP contribution is 2.37. The number of methoxy groups -OCH3 is 2. The maximum absolute atomic E-state index is 15.0. The fraction of sp³-hybridized carbons (Fsp3) is 0.286. The molecule has 3 rings (SSSR count). The molecule has 41 heavy (non-hydrogen) atoms. The number of ether oxygens (including phenoxy) is 4. The quantitative estimate of drug-likeness (QED) is 0.110. The van der Waals surface area contributed by atoms with Gasteiger partial charge in [-0.3, -0.25) is 19.4 Å². The van der Waals surface area contributed by atoms with Gasteiger partial charge < -0.3 is 41.0 Å². The van der Waals surface area contributed by atoms with Gasteiger partial charge in [0.05, 0.1) is 26.3 Å². The zero-order valence-corrected chi connectivity index (χ0v) is 23.2. The fourth-order valence-electron chi connectivity index (χ4n) is 3.71. The number of anilines is 1. The number of nitrogens with zero attached hydrogens (tertiary/aromatic N) is 1. The van der Waals surface area contributed by atoms with Crippen LogP contribution in [-0.4, -0.2) is 55.7 Å². The Bertz CT molecular complexity index is 1490. The van der Waals surface area contributed by atoms with E-state index in [4.69, 9.17) is 30.4 Å². The smallest absolute Gasteiger partial charge is 0.322 e. The molecule has 0 saturated heterocycles. The monoisotopic (exact) mass is 569 g/mol. The average Bonchev–Trinajstić information content (AvgIpc) is 2.92. The number of fused-ring (bicyclic) bond motifs is 1. The lowest BCUT2D eigenvalue weighted by Crippen LogP contribution is -2.36. The largest absolute Gasteiger partial charge is 0.493 e. The van der Waals surface area contributed by atoms with E-state index in [9.17, 15) is 14.4 Å². The second kappa shape index (κ2) is 13.4. The first kappa shape index (κ1) is 30.6. The molecule has 2 aromatic carbocycles. The number of hydrogen-bond donors (Lipinski definition) is 4. The number of aromatic nitrogens is 1. The van der Waals surface area contributed by atoms with Gasteiger partial charge in [0.2, 0.25) is 0 Å². The summed E-state index contributed by atoms with van der Waals surface area (Å²) >= 11 is 0. The molecule has 0 fully saturated rings. The third-order valence-electron chi connectivity index (χ3n) is 5.81. The van der Waals surface area contributed by atoms with E-state index in [1.807, 2.05) is 0 Å². The van der Waals surface area contributed by atoms with Crippen molar-refractivity contribution in [3.8, 4) is 23.0 Å². The topological polar surface area (TPSA) is 177 Å². The van der Waals surface area contributed by atoms with Crippen LogP contribution in [0.3, 0.4) is 0 Å². The van der Waals surface area contributed by atoms with Gasteiger partial charge in [0.15, 0.2) is 23.1 Å². The Labute approximate surface area is 235 Å². The standard InChI is InChI=1S/C28H32FN5O7/c1-14(40-28(37)15(2)30)13-33-16(3)25(26(31)35)27(36)34-17-6-7-22(19(29)10-17)41-21-8-9-32-20-12-24(39-5)23(38-4)11-18(20)21/h6-12,14-15,33H,13,30H2,1-5H3,(H2,31,35)(H,34,36)/b25-16+/t14-,15+/m1/s1. The van der Waals surface area contributed by atoms with Crippen LogP contribution in [0.25, 0.3) is 10.9 Å². The van der Waals surface area contributed by atoms with E-state index in [0.29, 0.717) is 28.2 Å². The number of carbonyl (C=O) groups excluding carboxylic acids is 3. The van der Waals surface area contributed by atoms with Gasteiger partial charge in [-0.25, -0.2) is 4.39 Å². The van der Waals surface area contributed by atoms with Crippen LogP contribution < -0.4 is 36.3 Å². The second-order valence-corrected chi connectivity index (χ2v) is 9.02. The van der Waals surface area contributed by atoms with Crippen molar-refractivity contribution >= 4 is 34.4 Å². The minimum absolute atomic E-state index is 0.0524. The Balaban J connectivity index is 1.76. The minimum atomic E-state index is -1.01. The maximum atomic E-state index is 15.0. The number of allylic oxidation sites excluding steroid dienone is 1. The van der Waals surface area contributed by atoms with Crippen molar-refractivity contribution in [3.05, 3.63) is 59.7 Å². The summed E-state index contributed by atoms with van der Waals surface area (Å²) in [6.45, 7) is 4.64. The molecule has 0 aliphatic rings. The Hall–Kier alpha value is -4.91. The van der Waals surface area contributed by atoms with Crippen LogP contribution in [0.1, 0.15) is 20.8 Å². The molecule has 1 heterocycles. The summed E-state index contributed by atoms with van der Waals surface area (Å²) in [4.78, 5) is 40.8. The third-order valence-corrected chi connectivity index (χ3v) is 5.81. The average molecular weight is 570 g/mol. The molecule has 0 bridgehead atoms. The molecule has 0 unspecified atom stereocenters. The molecule has 2 amide bonds. The van der Waals surface area contributed by atoms with Gasteiger partial charge in [-0.05, 0) is 45.0 Å². The lowest BCUT2D eigenvalue weighted by atomic mass is 10.1. The van der Waals surface area contributed by atoms with Crippen molar-refractivity contribution < 1.29 is 37.7 Å². The van der Waals surface area contributed by atoms with E-state index in [1.54, 1.807) is 25.1 Å². The summed E-state index contributed by atoms with van der Waals surface area (Å²) in [5.41, 5.74) is 11.3. The first-order valence-electron chi connectivity index (χ1n) is 12.4. The van der Waals surface area contributed by atoms with Crippen LogP contribution >= 0.6 is 0 Å². The van der Waals surface area contributed by atoms with Gasteiger partial charge in [0, 0.05) is 35.1 Å². The van der Waals surface area contributed by atoms with Gasteiger partial charge in [0.1, 0.15) is 23.5 Å². The van der Waals surface area contributed by atoms with Gasteiger partial charge in [-0.15, -0.1) is 0 Å². The van der Waals surface area contributed by atoms with Crippen molar-refractivity contribution in [1.82, 2.24) is 10.3 Å². The molecule has 13 heteroatoms. The SMILES string of the molecule is COc1cc2nccc(Oc3ccc(NC(=O)/C(C(N)=O)=C(\C)NC[C@@H](C)OC(=O)[C@H](C)N)cc3F)c2cc1OC. The molecule has 1 aromatic heterocycles. The molecule has 2 atom stereocenters. The summed E-state index contributed by atoms with van der Waals surface area (Å²) < 4.78 is 36.6. The number of benzene rings is 2. The summed E-state index contributed by atoms with van der Waals surface area (Å²) in [6, 6.07) is 7.88. The third kappa shape index (κ3) is 7.60. The van der Waals surface area contributed by atoms with Crippen LogP contribution in [-0.2, 0) is 19.1 Å². The van der Waals surface area contributed by atoms with Crippen LogP contribution in [0.5, 0.6) is 23.0 Å². The molecule has 0 spiro atoms. The highest BCUT2D eigenvalue weighted by molar-refractivity contribution is 6.22. The normalized spacial score (nSPS) is 13.0. The lowest BCUT2D eigenvalue weighted by molar-refractivity contribution is -0.149. The van der Waals surface area contributed by atoms with Crippen LogP contribution in [0.2, 0.25) is 0 Å². The molecular formula is C28H32FN5O7. The molecule has 0 radical (unpaired) electrons. The molecular weight excluding hydrogens is 537 g/mol. The van der Waals surface area contributed by atoms with Crippen molar-refractivity contribution in [2.24, 2.45) is 11.5 Å². The summed E-state index contributed by atoms with van der Waals surface area (Å²) in [6.07, 6.45) is 0.899. The lowest BCUT2D eigenvalue weighted by Gasteiger charge is -2.18. The van der Waals surface area contributed by atoms with Crippen molar-refractivity contribution in [1.29, 1.82) is 0 Å².